The van der Waals surface area contributed by atoms with Gasteiger partial charge in [0.2, 0.25) is 5.88 Å². The molecule has 0 radical (unpaired) electrons. The van der Waals surface area contributed by atoms with Gasteiger partial charge in [-0.25, -0.2) is 0 Å². The lowest BCUT2D eigenvalue weighted by molar-refractivity contribution is 0.423. The summed E-state index contributed by atoms with van der Waals surface area (Å²) in [4.78, 5) is 0. The molecule has 2 rings (SSSR count). The summed E-state index contributed by atoms with van der Waals surface area (Å²) in [5.74, 6) is 0.220. The fourth-order valence-electron chi connectivity index (χ4n) is 1.43. The summed E-state index contributed by atoms with van der Waals surface area (Å²) in [6.07, 6.45) is 0. The van der Waals surface area contributed by atoms with Crippen molar-refractivity contribution in [1.29, 1.82) is 0 Å². The van der Waals surface area contributed by atoms with Gasteiger partial charge in [-0.05, 0) is 23.3 Å². The molecular formula is C11H12N2OS2. The highest BCUT2D eigenvalue weighted by Crippen LogP contribution is 2.19. The van der Waals surface area contributed by atoms with Crippen LogP contribution in [0.5, 0.6) is 5.88 Å². The molecule has 0 saturated carbocycles. The van der Waals surface area contributed by atoms with Crippen LogP contribution in [0.25, 0.3) is 0 Å². The molecule has 1 aromatic carbocycles. The highest BCUT2D eigenvalue weighted by atomic mass is 32.1. The van der Waals surface area contributed by atoms with E-state index in [1.54, 1.807) is 9.95 Å². The second kappa shape index (κ2) is 4.78. The summed E-state index contributed by atoms with van der Waals surface area (Å²) in [6.45, 7) is 1.14. The highest BCUT2D eigenvalue weighted by molar-refractivity contribution is 7.73. The number of benzene rings is 1. The van der Waals surface area contributed by atoms with Gasteiger partial charge in [0.25, 0.3) is 0 Å². The Balaban J connectivity index is 2.24. The SMILES string of the molecule is NCc1ccc(Cn2c(O)csc2=S)cc1. The summed E-state index contributed by atoms with van der Waals surface area (Å²) < 4.78 is 2.39. The summed E-state index contributed by atoms with van der Waals surface area (Å²) in [6, 6.07) is 7.98. The molecule has 0 aliphatic rings. The van der Waals surface area contributed by atoms with E-state index in [2.05, 4.69) is 0 Å². The van der Waals surface area contributed by atoms with Gasteiger partial charge >= 0.3 is 0 Å². The van der Waals surface area contributed by atoms with E-state index in [0.29, 0.717) is 17.0 Å². The number of thiazole rings is 1. The van der Waals surface area contributed by atoms with Gasteiger partial charge in [-0.1, -0.05) is 24.3 Å². The Labute approximate surface area is 103 Å². The molecule has 0 fully saturated rings. The quantitative estimate of drug-likeness (QED) is 0.825. The molecule has 0 bridgehead atoms. The summed E-state index contributed by atoms with van der Waals surface area (Å²) >= 11 is 6.49. The van der Waals surface area contributed by atoms with Crippen molar-refractivity contribution < 1.29 is 5.11 Å². The maximum absolute atomic E-state index is 9.58. The van der Waals surface area contributed by atoms with E-state index < -0.39 is 0 Å². The first-order valence-corrected chi connectivity index (χ1v) is 6.14. The van der Waals surface area contributed by atoms with Crippen molar-refractivity contribution in [2.75, 3.05) is 0 Å². The molecule has 0 atom stereocenters. The lowest BCUT2D eigenvalue weighted by Gasteiger charge is -2.05. The molecule has 1 aromatic heterocycles. The van der Waals surface area contributed by atoms with Crippen LogP contribution in [0, 0.1) is 3.95 Å². The number of nitrogens with zero attached hydrogens (tertiary/aromatic N) is 1. The smallest absolute Gasteiger partial charge is 0.203 e. The van der Waals surface area contributed by atoms with Gasteiger partial charge in [-0.15, -0.1) is 11.3 Å². The Morgan fingerprint density at radius 2 is 1.88 bits per heavy atom. The summed E-state index contributed by atoms with van der Waals surface area (Å²) in [5.41, 5.74) is 7.72. The average molecular weight is 252 g/mol. The number of hydrogen-bond acceptors (Lipinski definition) is 4. The average Bonchev–Trinajstić information content (AvgIpc) is 2.62. The van der Waals surface area contributed by atoms with Gasteiger partial charge in [0.15, 0.2) is 3.95 Å². The molecule has 2 aromatic rings. The first kappa shape index (κ1) is 11.3. The molecular weight excluding hydrogens is 240 g/mol. The van der Waals surface area contributed by atoms with Gasteiger partial charge in [-0.2, -0.15) is 0 Å². The maximum Gasteiger partial charge on any atom is 0.203 e. The van der Waals surface area contributed by atoms with Crippen molar-refractivity contribution in [3.63, 3.8) is 0 Å². The number of aromatic nitrogens is 1. The first-order chi connectivity index (χ1) is 7.70. The Hall–Kier alpha value is -1.17. The molecule has 84 valence electrons. The van der Waals surface area contributed by atoms with Crippen LogP contribution in [0.1, 0.15) is 11.1 Å². The minimum absolute atomic E-state index is 0.220. The number of aromatic hydroxyl groups is 1. The molecule has 0 spiro atoms. The monoisotopic (exact) mass is 252 g/mol. The van der Waals surface area contributed by atoms with Gasteiger partial charge in [0.1, 0.15) is 0 Å². The standard InChI is InChI=1S/C11H12N2OS2/c12-5-8-1-3-9(4-2-8)6-13-10(14)7-16-11(13)15/h1-4,7,14H,5-6,12H2. The third kappa shape index (κ3) is 2.32. The minimum Gasteiger partial charge on any atom is -0.494 e. The molecule has 0 aliphatic heterocycles. The van der Waals surface area contributed by atoms with Crippen molar-refractivity contribution in [3.05, 3.63) is 44.7 Å². The molecule has 0 amide bonds. The Morgan fingerprint density at radius 1 is 1.25 bits per heavy atom. The largest absolute Gasteiger partial charge is 0.494 e. The van der Waals surface area contributed by atoms with Crippen molar-refractivity contribution in [3.8, 4) is 5.88 Å². The predicted molar refractivity (Wildman–Crippen MR) is 68.2 cm³/mol. The van der Waals surface area contributed by atoms with Gasteiger partial charge in [0, 0.05) is 6.54 Å². The zero-order chi connectivity index (χ0) is 11.5. The number of rotatable bonds is 3. The molecule has 3 nitrogen and oxygen atoms in total. The molecule has 0 saturated heterocycles. The van der Waals surface area contributed by atoms with Crippen LogP contribution in [0.2, 0.25) is 0 Å². The van der Waals surface area contributed by atoms with Crippen LogP contribution in [0.15, 0.2) is 29.6 Å². The van der Waals surface area contributed by atoms with Gasteiger partial charge < -0.3 is 10.8 Å². The zero-order valence-corrected chi connectivity index (χ0v) is 10.2. The predicted octanol–water partition coefficient (Wildman–Crippen LogP) is 2.49. The second-order valence-electron chi connectivity index (χ2n) is 3.47. The van der Waals surface area contributed by atoms with Gasteiger partial charge in [-0.3, -0.25) is 4.57 Å². The molecule has 0 unspecified atom stereocenters. The third-order valence-corrected chi connectivity index (χ3v) is 3.62. The van der Waals surface area contributed by atoms with E-state index in [4.69, 9.17) is 18.0 Å². The Morgan fingerprint density at radius 3 is 2.38 bits per heavy atom. The Kier molecular flexibility index (Phi) is 3.38. The van der Waals surface area contributed by atoms with Crippen LogP contribution in [0.3, 0.4) is 0 Å². The molecule has 5 heteroatoms. The fourth-order valence-corrected chi connectivity index (χ4v) is 2.35. The fraction of sp³-hybridized carbons (Fsp3) is 0.182. The maximum atomic E-state index is 9.58. The van der Waals surface area contributed by atoms with E-state index in [1.807, 2.05) is 24.3 Å². The van der Waals surface area contributed by atoms with Crippen LogP contribution in [0.4, 0.5) is 0 Å². The molecule has 0 aliphatic carbocycles. The molecule has 16 heavy (non-hydrogen) atoms. The third-order valence-electron chi connectivity index (χ3n) is 2.36. The van der Waals surface area contributed by atoms with Crippen molar-refractivity contribution in [2.24, 2.45) is 5.73 Å². The lowest BCUT2D eigenvalue weighted by atomic mass is 10.1. The van der Waals surface area contributed by atoms with Crippen molar-refractivity contribution in [1.82, 2.24) is 4.57 Å². The topological polar surface area (TPSA) is 51.2 Å². The highest BCUT2D eigenvalue weighted by Gasteiger charge is 2.03. The van der Waals surface area contributed by atoms with E-state index in [0.717, 1.165) is 11.1 Å². The Bertz CT molecular complexity index is 528. The zero-order valence-electron chi connectivity index (χ0n) is 8.59. The molecule has 1 heterocycles. The minimum atomic E-state index is 0.220. The van der Waals surface area contributed by atoms with Crippen LogP contribution in [-0.4, -0.2) is 9.67 Å². The number of nitrogens with two attached hydrogens (primary N) is 1. The van der Waals surface area contributed by atoms with E-state index in [-0.39, 0.29) is 5.88 Å². The normalized spacial score (nSPS) is 10.6. The van der Waals surface area contributed by atoms with E-state index in [9.17, 15) is 5.11 Å². The van der Waals surface area contributed by atoms with Crippen LogP contribution >= 0.6 is 23.6 Å². The molecule has 3 N–H and O–H groups in total. The first-order valence-electron chi connectivity index (χ1n) is 4.86. The lowest BCUT2D eigenvalue weighted by Crippen LogP contribution is -2.00. The van der Waals surface area contributed by atoms with E-state index >= 15 is 0 Å². The summed E-state index contributed by atoms with van der Waals surface area (Å²) in [7, 11) is 0. The second-order valence-corrected chi connectivity index (χ2v) is 4.97. The van der Waals surface area contributed by atoms with Crippen molar-refractivity contribution >= 4 is 23.6 Å². The van der Waals surface area contributed by atoms with Crippen molar-refractivity contribution in [2.45, 2.75) is 13.1 Å². The van der Waals surface area contributed by atoms with Gasteiger partial charge in [0.05, 0.1) is 11.9 Å². The number of hydrogen-bond donors (Lipinski definition) is 2. The van der Waals surface area contributed by atoms with Crippen LogP contribution < -0.4 is 5.73 Å². The van der Waals surface area contributed by atoms with E-state index in [1.165, 1.54) is 11.3 Å². The summed E-state index contributed by atoms with van der Waals surface area (Å²) in [5, 5.41) is 11.2. The van der Waals surface area contributed by atoms with Crippen LogP contribution in [-0.2, 0) is 13.1 Å².